The van der Waals surface area contributed by atoms with Gasteiger partial charge in [-0.3, -0.25) is 9.89 Å². The van der Waals surface area contributed by atoms with Crippen molar-refractivity contribution in [1.29, 1.82) is 0 Å². The molecule has 0 aliphatic heterocycles. The molecule has 1 aromatic rings. The molecular formula is C18H28FIN4. The molecule has 2 N–H and O–H groups in total. The quantitative estimate of drug-likeness (QED) is 0.367. The highest BCUT2D eigenvalue weighted by Crippen LogP contribution is 2.34. The average Bonchev–Trinajstić information content (AvgIpc) is 3.44. The number of aliphatic imine (C=N–C) groups is 1. The molecule has 2 saturated carbocycles. The van der Waals surface area contributed by atoms with Gasteiger partial charge in [-0.15, -0.1) is 24.0 Å². The first-order valence-corrected chi connectivity index (χ1v) is 8.68. The van der Waals surface area contributed by atoms with E-state index in [1.54, 1.807) is 19.2 Å². The third-order valence-corrected chi connectivity index (χ3v) is 4.57. The van der Waals surface area contributed by atoms with Gasteiger partial charge in [-0.05, 0) is 37.7 Å². The van der Waals surface area contributed by atoms with E-state index in [0.717, 1.165) is 31.0 Å². The number of benzene rings is 1. The van der Waals surface area contributed by atoms with Crippen LogP contribution in [0.25, 0.3) is 0 Å². The first-order valence-electron chi connectivity index (χ1n) is 8.68. The van der Waals surface area contributed by atoms with E-state index in [9.17, 15) is 4.39 Å². The predicted octanol–water partition coefficient (Wildman–Crippen LogP) is 2.98. The molecule has 2 aliphatic rings. The third kappa shape index (κ3) is 6.20. The van der Waals surface area contributed by atoms with Crippen molar-refractivity contribution in [3.05, 3.63) is 35.6 Å². The summed E-state index contributed by atoms with van der Waals surface area (Å²) in [6.07, 6.45) is 5.52. The lowest BCUT2D eigenvalue weighted by Crippen LogP contribution is -2.42. The number of halogens is 2. The van der Waals surface area contributed by atoms with Crippen LogP contribution in [-0.2, 0) is 6.54 Å². The van der Waals surface area contributed by atoms with Gasteiger partial charge in [-0.25, -0.2) is 4.39 Å². The predicted molar refractivity (Wildman–Crippen MR) is 107 cm³/mol. The Kier molecular flexibility index (Phi) is 7.74. The van der Waals surface area contributed by atoms with Crippen LogP contribution >= 0.6 is 24.0 Å². The van der Waals surface area contributed by atoms with Gasteiger partial charge in [0.05, 0.1) is 0 Å². The molecule has 0 heterocycles. The SMILES string of the molecule is CN=C(NCCN(CC1CC1)C1CC1)NCc1ccccc1F.I. The normalized spacial score (nSPS) is 17.5. The van der Waals surface area contributed by atoms with E-state index >= 15 is 0 Å². The van der Waals surface area contributed by atoms with Crippen molar-refractivity contribution in [2.45, 2.75) is 38.3 Å². The highest BCUT2D eigenvalue weighted by Gasteiger charge is 2.33. The second-order valence-corrected chi connectivity index (χ2v) is 6.61. The molecule has 0 unspecified atom stereocenters. The van der Waals surface area contributed by atoms with Gasteiger partial charge in [0.15, 0.2) is 5.96 Å². The van der Waals surface area contributed by atoms with Crippen molar-refractivity contribution >= 4 is 29.9 Å². The molecular weight excluding hydrogens is 418 g/mol. The average molecular weight is 446 g/mol. The van der Waals surface area contributed by atoms with Gasteiger partial charge in [0.25, 0.3) is 0 Å². The van der Waals surface area contributed by atoms with E-state index in [4.69, 9.17) is 0 Å². The lowest BCUT2D eigenvalue weighted by Gasteiger charge is -2.22. The van der Waals surface area contributed by atoms with Crippen molar-refractivity contribution in [3.8, 4) is 0 Å². The van der Waals surface area contributed by atoms with Crippen LogP contribution in [0, 0.1) is 11.7 Å². The second-order valence-electron chi connectivity index (χ2n) is 6.61. The van der Waals surface area contributed by atoms with Crippen molar-refractivity contribution in [1.82, 2.24) is 15.5 Å². The largest absolute Gasteiger partial charge is 0.355 e. The summed E-state index contributed by atoms with van der Waals surface area (Å²) in [4.78, 5) is 6.84. The standard InChI is InChI=1S/C18H27FN4.HI/c1-20-18(22-12-15-4-2-3-5-17(15)19)21-10-11-23(16-8-9-16)13-14-6-7-14;/h2-5,14,16H,6-13H2,1H3,(H2,20,21,22);1H. The minimum atomic E-state index is -0.181. The summed E-state index contributed by atoms with van der Waals surface area (Å²) < 4.78 is 13.6. The van der Waals surface area contributed by atoms with Gasteiger partial charge in [0, 0.05) is 44.8 Å². The van der Waals surface area contributed by atoms with Gasteiger partial charge in [-0.1, -0.05) is 18.2 Å². The van der Waals surface area contributed by atoms with Crippen molar-refractivity contribution < 1.29 is 4.39 Å². The van der Waals surface area contributed by atoms with Crippen molar-refractivity contribution in [2.75, 3.05) is 26.7 Å². The Hall–Kier alpha value is -0.890. The molecule has 2 aliphatic carbocycles. The summed E-state index contributed by atoms with van der Waals surface area (Å²) in [5.74, 6) is 1.49. The molecule has 2 fully saturated rings. The van der Waals surface area contributed by atoms with Crippen molar-refractivity contribution in [2.24, 2.45) is 10.9 Å². The minimum absolute atomic E-state index is 0. The molecule has 0 saturated heterocycles. The van der Waals surface area contributed by atoms with Gasteiger partial charge >= 0.3 is 0 Å². The monoisotopic (exact) mass is 446 g/mol. The molecule has 24 heavy (non-hydrogen) atoms. The Morgan fingerprint density at radius 3 is 2.58 bits per heavy atom. The van der Waals surface area contributed by atoms with Gasteiger partial charge in [-0.2, -0.15) is 0 Å². The Morgan fingerprint density at radius 1 is 1.21 bits per heavy atom. The first kappa shape index (κ1) is 19.4. The maximum atomic E-state index is 13.6. The fourth-order valence-corrected chi connectivity index (χ4v) is 2.85. The summed E-state index contributed by atoms with van der Waals surface area (Å²) in [6.45, 7) is 3.64. The van der Waals surface area contributed by atoms with Crippen LogP contribution in [0.1, 0.15) is 31.2 Å². The zero-order chi connectivity index (χ0) is 16.1. The summed E-state index contributed by atoms with van der Waals surface area (Å²) in [5, 5.41) is 6.52. The van der Waals surface area contributed by atoms with Gasteiger partial charge in [0.1, 0.15) is 5.82 Å². The highest BCUT2D eigenvalue weighted by atomic mass is 127. The number of hydrogen-bond donors (Lipinski definition) is 2. The molecule has 0 amide bonds. The summed E-state index contributed by atoms with van der Waals surface area (Å²) in [7, 11) is 1.75. The fraction of sp³-hybridized carbons (Fsp3) is 0.611. The number of rotatable bonds is 8. The summed E-state index contributed by atoms with van der Waals surface area (Å²) in [6, 6.07) is 7.64. The van der Waals surface area contributed by atoms with Crippen LogP contribution < -0.4 is 10.6 Å². The van der Waals surface area contributed by atoms with Gasteiger partial charge < -0.3 is 10.6 Å². The van der Waals surface area contributed by atoms with E-state index in [2.05, 4.69) is 20.5 Å². The Labute approximate surface area is 161 Å². The molecule has 3 rings (SSSR count). The Bertz CT molecular complexity index is 544. The second kappa shape index (κ2) is 9.56. The Balaban J connectivity index is 0.00000208. The number of nitrogens with zero attached hydrogens (tertiary/aromatic N) is 2. The van der Waals surface area contributed by atoms with E-state index in [1.165, 1.54) is 38.3 Å². The van der Waals surface area contributed by atoms with Gasteiger partial charge in [0.2, 0.25) is 0 Å². The van der Waals surface area contributed by atoms with Crippen molar-refractivity contribution in [3.63, 3.8) is 0 Å². The lowest BCUT2D eigenvalue weighted by atomic mass is 10.2. The third-order valence-electron chi connectivity index (χ3n) is 4.57. The molecule has 6 heteroatoms. The zero-order valence-corrected chi connectivity index (χ0v) is 16.6. The summed E-state index contributed by atoms with van der Waals surface area (Å²) >= 11 is 0. The van der Waals surface area contributed by atoms with E-state index in [1.807, 2.05) is 6.07 Å². The molecule has 0 aromatic heterocycles. The number of guanidine groups is 1. The highest BCUT2D eigenvalue weighted by molar-refractivity contribution is 14.0. The van der Waals surface area contributed by atoms with Crippen LogP contribution in [0.15, 0.2) is 29.3 Å². The molecule has 134 valence electrons. The minimum Gasteiger partial charge on any atom is -0.355 e. The molecule has 0 spiro atoms. The van der Waals surface area contributed by atoms with Crippen LogP contribution in [0.5, 0.6) is 0 Å². The van der Waals surface area contributed by atoms with Crippen LogP contribution in [0.3, 0.4) is 0 Å². The van der Waals surface area contributed by atoms with E-state index in [-0.39, 0.29) is 29.8 Å². The fourth-order valence-electron chi connectivity index (χ4n) is 2.85. The lowest BCUT2D eigenvalue weighted by molar-refractivity contribution is 0.256. The zero-order valence-electron chi connectivity index (χ0n) is 14.3. The van der Waals surface area contributed by atoms with E-state index < -0.39 is 0 Å². The van der Waals surface area contributed by atoms with Crippen LogP contribution in [0.2, 0.25) is 0 Å². The first-order chi connectivity index (χ1) is 11.3. The summed E-state index contributed by atoms with van der Waals surface area (Å²) in [5.41, 5.74) is 0.656. The molecule has 0 atom stereocenters. The topological polar surface area (TPSA) is 39.7 Å². The Morgan fingerprint density at radius 2 is 1.96 bits per heavy atom. The van der Waals surface area contributed by atoms with Crippen LogP contribution in [-0.4, -0.2) is 43.6 Å². The molecule has 4 nitrogen and oxygen atoms in total. The maximum Gasteiger partial charge on any atom is 0.191 e. The molecule has 1 aromatic carbocycles. The molecule has 0 bridgehead atoms. The number of hydrogen-bond acceptors (Lipinski definition) is 2. The number of nitrogens with one attached hydrogen (secondary N) is 2. The molecule has 0 radical (unpaired) electrons. The maximum absolute atomic E-state index is 13.6. The smallest absolute Gasteiger partial charge is 0.191 e. The van der Waals surface area contributed by atoms with E-state index in [0.29, 0.717) is 12.1 Å². The van der Waals surface area contributed by atoms with Crippen LogP contribution in [0.4, 0.5) is 4.39 Å².